The second-order valence-corrected chi connectivity index (χ2v) is 2.80. The van der Waals surface area contributed by atoms with Crippen LogP contribution in [-0.2, 0) is 6.18 Å². The van der Waals surface area contributed by atoms with E-state index in [0.29, 0.717) is 6.20 Å². The van der Waals surface area contributed by atoms with E-state index in [9.17, 15) is 26.7 Å². The molecule has 1 heterocycles. The largest absolute Gasteiger partial charge is 0.418 e. The first-order chi connectivity index (χ1) is 7.29. The maximum Gasteiger partial charge on any atom is 0.418 e. The van der Waals surface area contributed by atoms with E-state index in [-0.39, 0.29) is 6.29 Å². The Bertz CT molecular complexity index is 416. The van der Waals surface area contributed by atoms with Crippen LogP contribution in [0.25, 0.3) is 0 Å². The third kappa shape index (κ3) is 2.10. The molecule has 0 saturated heterocycles. The number of carbonyl (C=O) groups is 1. The number of nitrogen functional groups attached to an aromatic ring is 1. The van der Waals surface area contributed by atoms with Crippen molar-refractivity contribution in [1.82, 2.24) is 4.98 Å². The Hall–Kier alpha value is -1.73. The lowest BCUT2D eigenvalue weighted by molar-refractivity contribution is -0.138. The van der Waals surface area contributed by atoms with Crippen molar-refractivity contribution in [2.24, 2.45) is 0 Å². The van der Waals surface area contributed by atoms with Gasteiger partial charge in [-0.15, -0.1) is 0 Å². The predicted octanol–water partition coefficient (Wildman–Crippen LogP) is 2.43. The molecule has 1 aromatic heterocycles. The Labute approximate surface area is 86.1 Å². The molecule has 0 bridgehead atoms. The van der Waals surface area contributed by atoms with Crippen LogP contribution in [0.2, 0.25) is 0 Å². The predicted molar refractivity (Wildman–Crippen MR) is 44.0 cm³/mol. The number of nitrogens with two attached hydrogens (primary N) is 1. The van der Waals surface area contributed by atoms with E-state index in [2.05, 4.69) is 4.98 Å². The number of halogens is 5. The van der Waals surface area contributed by atoms with Crippen molar-refractivity contribution in [1.29, 1.82) is 0 Å². The Balaban J connectivity index is 3.56. The van der Waals surface area contributed by atoms with Gasteiger partial charge in [0.25, 0.3) is 6.43 Å². The van der Waals surface area contributed by atoms with Crippen LogP contribution in [0, 0.1) is 0 Å². The van der Waals surface area contributed by atoms with Crippen LogP contribution in [-0.4, -0.2) is 11.3 Å². The van der Waals surface area contributed by atoms with Gasteiger partial charge in [0.1, 0.15) is 5.69 Å². The van der Waals surface area contributed by atoms with E-state index in [1.807, 2.05) is 0 Å². The SMILES string of the molecule is Nc1c(C=O)ncc(C(F)F)c1C(F)(F)F. The van der Waals surface area contributed by atoms with Crippen molar-refractivity contribution >= 4 is 12.0 Å². The summed E-state index contributed by atoms with van der Waals surface area (Å²) in [6, 6.07) is 0. The van der Waals surface area contributed by atoms with Crippen molar-refractivity contribution in [3.05, 3.63) is 23.0 Å². The van der Waals surface area contributed by atoms with Crippen LogP contribution in [0.3, 0.4) is 0 Å². The molecule has 1 rings (SSSR count). The Morgan fingerprint density at radius 3 is 2.31 bits per heavy atom. The van der Waals surface area contributed by atoms with Crippen molar-refractivity contribution in [3.8, 4) is 0 Å². The van der Waals surface area contributed by atoms with E-state index in [4.69, 9.17) is 5.73 Å². The van der Waals surface area contributed by atoms with Gasteiger partial charge in [-0.25, -0.2) is 8.78 Å². The molecule has 0 spiro atoms. The van der Waals surface area contributed by atoms with Crippen LogP contribution >= 0.6 is 0 Å². The number of hydrogen-bond acceptors (Lipinski definition) is 3. The van der Waals surface area contributed by atoms with E-state index in [1.165, 1.54) is 0 Å². The molecule has 3 nitrogen and oxygen atoms in total. The van der Waals surface area contributed by atoms with Crippen molar-refractivity contribution in [2.45, 2.75) is 12.6 Å². The third-order valence-corrected chi connectivity index (χ3v) is 1.81. The van der Waals surface area contributed by atoms with Crippen LogP contribution in [0.4, 0.5) is 27.6 Å². The molecule has 0 radical (unpaired) electrons. The summed E-state index contributed by atoms with van der Waals surface area (Å²) >= 11 is 0. The zero-order valence-corrected chi connectivity index (χ0v) is 7.55. The van der Waals surface area contributed by atoms with Gasteiger partial charge < -0.3 is 5.73 Å². The third-order valence-electron chi connectivity index (χ3n) is 1.81. The number of anilines is 1. The van der Waals surface area contributed by atoms with Crippen LogP contribution < -0.4 is 5.73 Å². The van der Waals surface area contributed by atoms with Crippen LogP contribution in [0.1, 0.15) is 28.0 Å². The van der Waals surface area contributed by atoms with Gasteiger partial charge in [-0.3, -0.25) is 9.78 Å². The van der Waals surface area contributed by atoms with Gasteiger partial charge >= 0.3 is 6.18 Å². The number of alkyl halides is 5. The van der Waals surface area contributed by atoms with Gasteiger partial charge in [0.15, 0.2) is 6.29 Å². The summed E-state index contributed by atoms with van der Waals surface area (Å²) in [5.41, 5.74) is 0.131. The summed E-state index contributed by atoms with van der Waals surface area (Å²) in [7, 11) is 0. The fourth-order valence-electron chi connectivity index (χ4n) is 1.13. The summed E-state index contributed by atoms with van der Waals surface area (Å²) in [4.78, 5) is 13.4. The summed E-state index contributed by atoms with van der Waals surface area (Å²) in [5, 5.41) is 0. The van der Waals surface area contributed by atoms with E-state index in [0.717, 1.165) is 0 Å². The first-order valence-electron chi connectivity index (χ1n) is 3.88. The molecule has 88 valence electrons. The van der Waals surface area contributed by atoms with Crippen LogP contribution in [0.15, 0.2) is 6.20 Å². The van der Waals surface area contributed by atoms with Crippen molar-refractivity contribution in [2.75, 3.05) is 5.73 Å². The normalized spacial score (nSPS) is 11.9. The highest BCUT2D eigenvalue weighted by molar-refractivity contribution is 5.82. The zero-order valence-electron chi connectivity index (χ0n) is 7.55. The molecule has 0 fully saturated rings. The molecule has 0 saturated carbocycles. The molecule has 0 aromatic carbocycles. The lowest BCUT2D eigenvalue weighted by Gasteiger charge is -2.15. The number of pyridine rings is 1. The molecule has 0 aliphatic heterocycles. The fraction of sp³-hybridized carbons (Fsp3) is 0.250. The van der Waals surface area contributed by atoms with Gasteiger partial charge in [0.05, 0.1) is 16.8 Å². The Morgan fingerprint density at radius 1 is 1.38 bits per heavy atom. The molecule has 0 aliphatic rings. The molecular formula is C8H5F5N2O. The van der Waals surface area contributed by atoms with Gasteiger partial charge in [0.2, 0.25) is 0 Å². The molecule has 8 heteroatoms. The highest BCUT2D eigenvalue weighted by Gasteiger charge is 2.39. The summed E-state index contributed by atoms with van der Waals surface area (Å²) < 4.78 is 61.9. The minimum Gasteiger partial charge on any atom is -0.396 e. The first-order valence-corrected chi connectivity index (χ1v) is 3.88. The minimum absolute atomic E-state index is 0.0280. The van der Waals surface area contributed by atoms with Gasteiger partial charge in [-0.2, -0.15) is 13.2 Å². The van der Waals surface area contributed by atoms with Crippen molar-refractivity contribution in [3.63, 3.8) is 0 Å². The van der Waals surface area contributed by atoms with E-state index < -0.39 is 35.1 Å². The monoisotopic (exact) mass is 240 g/mol. The number of hydrogen-bond donors (Lipinski definition) is 1. The second-order valence-electron chi connectivity index (χ2n) is 2.80. The minimum atomic E-state index is -5.06. The molecule has 1 aromatic rings. The lowest BCUT2D eigenvalue weighted by Crippen LogP contribution is -2.15. The summed E-state index contributed by atoms with van der Waals surface area (Å²) in [6.07, 6.45) is -8.16. The maximum absolute atomic E-state index is 12.4. The Morgan fingerprint density at radius 2 is 1.94 bits per heavy atom. The fourth-order valence-corrected chi connectivity index (χ4v) is 1.13. The van der Waals surface area contributed by atoms with E-state index in [1.54, 1.807) is 0 Å². The standard InChI is InChI=1S/C8H5F5N2O/c9-7(10)3-1-15-4(2-16)6(14)5(3)8(11,12)13/h1-2,7H,14H2. The highest BCUT2D eigenvalue weighted by atomic mass is 19.4. The van der Waals surface area contributed by atoms with Crippen molar-refractivity contribution < 1.29 is 26.7 Å². The van der Waals surface area contributed by atoms with Gasteiger partial charge in [0, 0.05) is 6.20 Å². The van der Waals surface area contributed by atoms with E-state index >= 15 is 0 Å². The highest BCUT2D eigenvalue weighted by Crippen LogP contribution is 2.40. The number of nitrogens with zero attached hydrogens (tertiary/aromatic N) is 1. The van der Waals surface area contributed by atoms with Gasteiger partial charge in [-0.1, -0.05) is 0 Å². The molecule has 0 aliphatic carbocycles. The van der Waals surface area contributed by atoms with Crippen LogP contribution in [0.5, 0.6) is 0 Å². The zero-order chi connectivity index (χ0) is 12.5. The lowest BCUT2D eigenvalue weighted by atomic mass is 10.1. The molecule has 16 heavy (non-hydrogen) atoms. The maximum atomic E-state index is 12.4. The molecule has 0 unspecified atom stereocenters. The number of aldehydes is 1. The smallest absolute Gasteiger partial charge is 0.396 e. The molecule has 2 N–H and O–H groups in total. The average Bonchev–Trinajstić information content (AvgIpc) is 2.14. The molecular weight excluding hydrogens is 235 g/mol. The second kappa shape index (κ2) is 4.03. The summed E-state index contributed by atoms with van der Waals surface area (Å²) in [6.45, 7) is 0. The number of carbonyl (C=O) groups excluding carboxylic acids is 1. The van der Waals surface area contributed by atoms with Gasteiger partial charge in [-0.05, 0) is 0 Å². The summed E-state index contributed by atoms with van der Waals surface area (Å²) in [5.74, 6) is 0. The average molecular weight is 240 g/mol. The first kappa shape index (κ1) is 12.3. The number of rotatable bonds is 2. The Kier molecular flexibility index (Phi) is 3.11. The molecule has 0 atom stereocenters. The molecule has 0 amide bonds. The topological polar surface area (TPSA) is 56.0 Å². The quantitative estimate of drug-likeness (QED) is 0.638. The number of aromatic nitrogens is 1.